The van der Waals surface area contributed by atoms with Crippen LogP contribution in [-0.4, -0.2) is 69.9 Å². The quantitative estimate of drug-likeness (QED) is 0.505. The minimum Gasteiger partial charge on any atom is -0.339 e. The van der Waals surface area contributed by atoms with Gasteiger partial charge >= 0.3 is 0 Å². The van der Waals surface area contributed by atoms with E-state index in [-0.39, 0.29) is 24.3 Å². The predicted octanol–water partition coefficient (Wildman–Crippen LogP) is 4.25. The van der Waals surface area contributed by atoms with E-state index in [1.165, 1.54) is 12.8 Å². The highest BCUT2D eigenvalue weighted by Crippen LogP contribution is 2.51. The van der Waals surface area contributed by atoms with Crippen LogP contribution in [0.1, 0.15) is 54.4 Å². The molecule has 1 N–H and O–H groups in total. The van der Waals surface area contributed by atoms with Crippen molar-refractivity contribution in [2.45, 2.75) is 50.0 Å². The number of aromatic nitrogens is 2. The summed E-state index contributed by atoms with van der Waals surface area (Å²) >= 11 is 3.72. The fourth-order valence-electron chi connectivity index (χ4n) is 7.43. The van der Waals surface area contributed by atoms with E-state index in [1.54, 1.807) is 11.1 Å². The van der Waals surface area contributed by atoms with Crippen molar-refractivity contribution in [3.8, 4) is 0 Å². The van der Waals surface area contributed by atoms with Crippen LogP contribution in [0.2, 0.25) is 0 Å². The molecular weight excluding hydrogens is 546 g/mol. The maximum atomic E-state index is 14.2. The average molecular weight is 576 g/mol. The van der Waals surface area contributed by atoms with Gasteiger partial charge in [0.1, 0.15) is 6.54 Å². The zero-order valence-electron chi connectivity index (χ0n) is 21.2. The van der Waals surface area contributed by atoms with Gasteiger partial charge in [-0.3, -0.25) is 19.5 Å². The lowest BCUT2D eigenvalue weighted by molar-refractivity contribution is -0.133. The van der Waals surface area contributed by atoms with Gasteiger partial charge in [-0.15, -0.1) is 0 Å². The number of nitrogens with one attached hydrogen (secondary N) is 1. The summed E-state index contributed by atoms with van der Waals surface area (Å²) in [7, 11) is 0. The molecule has 3 fully saturated rings. The molecule has 8 nitrogen and oxygen atoms in total. The molecule has 196 valence electrons. The molecule has 3 aromatic rings. The molecule has 38 heavy (non-hydrogen) atoms. The van der Waals surface area contributed by atoms with Gasteiger partial charge in [-0.05, 0) is 68.4 Å². The first kappa shape index (κ1) is 23.9. The van der Waals surface area contributed by atoms with Gasteiger partial charge in [0.2, 0.25) is 11.8 Å². The molecule has 1 spiro atoms. The van der Waals surface area contributed by atoms with E-state index >= 15 is 0 Å². The largest absolute Gasteiger partial charge is 0.339 e. The Bertz CT molecular complexity index is 1460. The number of likely N-dealkylation sites (tertiary alicyclic amines) is 2. The second kappa shape index (κ2) is 8.93. The van der Waals surface area contributed by atoms with E-state index in [0.29, 0.717) is 43.5 Å². The third-order valence-electron chi connectivity index (χ3n) is 9.38. The number of hydrogen-bond acceptors (Lipinski definition) is 4. The molecule has 1 aliphatic carbocycles. The van der Waals surface area contributed by atoms with Gasteiger partial charge < -0.3 is 14.7 Å². The monoisotopic (exact) mass is 575 g/mol. The number of amides is 3. The number of carbonyl (C=O) groups excluding carboxylic acids is 3. The van der Waals surface area contributed by atoms with Crippen LogP contribution in [0.25, 0.3) is 10.9 Å². The van der Waals surface area contributed by atoms with Crippen LogP contribution in [0.5, 0.6) is 0 Å². The minimum absolute atomic E-state index is 0.0122. The molecule has 0 radical (unpaired) electrons. The Kier molecular flexibility index (Phi) is 5.61. The summed E-state index contributed by atoms with van der Waals surface area (Å²) in [5, 5.41) is 7.86. The summed E-state index contributed by atoms with van der Waals surface area (Å²) in [5.74, 6) is 0.629. The summed E-state index contributed by atoms with van der Waals surface area (Å²) in [6.07, 6.45) is 7.32. The molecule has 0 bridgehead atoms. The number of hydrogen-bond donors (Lipinski definition) is 1. The standard InChI is InChI=1S/C29H30BrN5O3/c30-21-4-2-6-24-26(21)29(28(38)35(24)17-25(36)34-12-9-18-3-1-5-23(18)34)10-13-33(14-11-29)27(37)19-7-8-22-20(15-19)16-31-32-22/h2,4,6-8,15-16,18,23H,1,3,5,9-14,17H2,(H,31,32). The van der Waals surface area contributed by atoms with Crippen LogP contribution in [0.4, 0.5) is 5.69 Å². The number of H-pyrrole nitrogens is 1. The van der Waals surface area contributed by atoms with Crippen molar-refractivity contribution in [2.75, 3.05) is 31.1 Å². The normalized spacial score (nSPS) is 23.9. The van der Waals surface area contributed by atoms with E-state index < -0.39 is 5.41 Å². The Morgan fingerprint density at radius 1 is 1.08 bits per heavy atom. The SMILES string of the molecule is O=C(c1ccc2[nH]ncc2c1)N1CCC2(CC1)C(=O)N(CC(=O)N1CCC3CCCC31)c1cccc(Br)c12. The highest BCUT2D eigenvalue weighted by Gasteiger charge is 2.54. The summed E-state index contributed by atoms with van der Waals surface area (Å²) in [6.45, 7) is 1.84. The smallest absolute Gasteiger partial charge is 0.253 e. The summed E-state index contributed by atoms with van der Waals surface area (Å²) in [5.41, 5.74) is 2.57. The lowest BCUT2D eigenvalue weighted by Crippen LogP contribution is -2.52. The second-order valence-electron chi connectivity index (χ2n) is 11.2. The van der Waals surface area contributed by atoms with E-state index in [2.05, 4.69) is 26.1 Å². The fourth-order valence-corrected chi connectivity index (χ4v) is 8.16. The first-order valence-corrected chi connectivity index (χ1v) is 14.4. The van der Waals surface area contributed by atoms with Crippen LogP contribution in [0.3, 0.4) is 0 Å². The first-order chi connectivity index (χ1) is 18.5. The van der Waals surface area contributed by atoms with Crippen LogP contribution in [-0.2, 0) is 15.0 Å². The van der Waals surface area contributed by atoms with Crippen LogP contribution >= 0.6 is 15.9 Å². The fraction of sp³-hybridized carbons (Fsp3) is 0.448. The van der Waals surface area contributed by atoms with Gasteiger partial charge in [0.15, 0.2) is 0 Å². The molecule has 7 rings (SSSR count). The topological polar surface area (TPSA) is 89.6 Å². The molecule has 3 aliphatic heterocycles. The molecule has 4 heterocycles. The lowest BCUT2D eigenvalue weighted by atomic mass is 9.73. The van der Waals surface area contributed by atoms with E-state index in [9.17, 15) is 14.4 Å². The molecular formula is C29H30BrN5O3. The number of nitrogens with zero attached hydrogens (tertiary/aromatic N) is 4. The van der Waals surface area contributed by atoms with Crippen molar-refractivity contribution in [1.82, 2.24) is 20.0 Å². The number of anilines is 1. The number of carbonyl (C=O) groups is 3. The van der Waals surface area contributed by atoms with E-state index in [1.807, 2.05) is 46.2 Å². The number of halogens is 1. The third kappa shape index (κ3) is 3.54. The molecule has 2 unspecified atom stereocenters. The highest BCUT2D eigenvalue weighted by atomic mass is 79.9. The number of benzene rings is 2. The van der Waals surface area contributed by atoms with Gasteiger partial charge in [0, 0.05) is 52.3 Å². The average Bonchev–Trinajstić information content (AvgIpc) is 3.70. The van der Waals surface area contributed by atoms with E-state index in [0.717, 1.165) is 46.0 Å². The van der Waals surface area contributed by atoms with Crippen LogP contribution in [0, 0.1) is 5.92 Å². The number of aromatic amines is 1. The summed E-state index contributed by atoms with van der Waals surface area (Å²) in [4.78, 5) is 46.6. The summed E-state index contributed by atoms with van der Waals surface area (Å²) in [6, 6.07) is 11.8. The lowest BCUT2D eigenvalue weighted by Gasteiger charge is -2.39. The molecule has 2 saturated heterocycles. The van der Waals surface area contributed by atoms with Gasteiger partial charge in [-0.2, -0.15) is 5.10 Å². The predicted molar refractivity (Wildman–Crippen MR) is 147 cm³/mol. The Balaban J connectivity index is 1.13. The van der Waals surface area contributed by atoms with Crippen molar-refractivity contribution in [2.24, 2.45) is 5.92 Å². The maximum Gasteiger partial charge on any atom is 0.253 e. The van der Waals surface area contributed by atoms with E-state index in [4.69, 9.17) is 0 Å². The third-order valence-corrected chi connectivity index (χ3v) is 10.0. The van der Waals surface area contributed by atoms with Gasteiger partial charge in [-0.25, -0.2) is 0 Å². The maximum absolute atomic E-state index is 14.2. The van der Waals surface area contributed by atoms with Gasteiger partial charge in [-0.1, -0.05) is 28.4 Å². The molecule has 1 aromatic heterocycles. The van der Waals surface area contributed by atoms with Crippen molar-refractivity contribution in [3.05, 3.63) is 58.2 Å². The molecule has 2 aromatic carbocycles. The van der Waals surface area contributed by atoms with Gasteiger partial charge in [0.25, 0.3) is 5.91 Å². The zero-order valence-corrected chi connectivity index (χ0v) is 22.7. The molecule has 9 heteroatoms. The second-order valence-corrected chi connectivity index (χ2v) is 12.1. The van der Waals surface area contributed by atoms with Crippen LogP contribution < -0.4 is 4.90 Å². The Hall–Kier alpha value is -3.20. The minimum atomic E-state index is -0.734. The Morgan fingerprint density at radius 3 is 2.76 bits per heavy atom. The highest BCUT2D eigenvalue weighted by molar-refractivity contribution is 9.10. The molecule has 4 aliphatic rings. The van der Waals surface area contributed by atoms with Crippen molar-refractivity contribution < 1.29 is 14.4 Å². The molecule has 1 saturated carbocycles. The van der Waals surface area contributed by atoms with Crippen LogP contribution in [0.15, 0.2) is 47.1 Å². The van der Waals surface area contributed by atoms with Crippen molar-refractivity contribution >= 4 is 50.2 Å². The Labute approximate surface area is 229 Å². The number of piperidine rings is 1. The van der Waals surface area contributed by atoms with Gasteiger partial charge in [0.05, 0.1) is 17.1 Å². The molecule has 2 atom stereocenters. The number of fused-ring (bicyclic) bond motifs is 4. The zero-order chi connectivity index (χ0) is 26.0. The summed E-state index contributed by atoms with van der Waals surface area (Å²) < 4.78 is 0.889. The van der Waals surface area contributed by atoms with Crippen molar-refractivity contribution in [3.63, 3.8) is 0 Å². The molecule has 3 amide bonds. The van der Waals surface area contributed by atoms with Crippen molar-refractivity contribution in [1.29, 1.82) is 0 Å². The Morgan fingerprint density at radius 2 is 1.92 bits per heavy atom. The number of rotatable bonds is 3. The first-order valence-electron chi connectivity index (χ1n) is 13.6.